The van der Waals surface area contributed by atoms with Gasteiger partial charge in [0.2, 0.25) is 11.8 Å². The van der Waals surface area contributed by atoms with Crippen LogP contribution in [-0.2, 0) is 9.59 Å². The van der Waals surface area contributed by atoms with Crippen LogP contribution in [0.25, 0.3) is 0 Å². The number of rotatable bonds is 4. The highest BCUT2D eigenvalue weighted by molar-refractivity contribution is 5.89. The number of likely N-dealkylation sites (tertiary alicyclic amines) is 1. The first kappa shape index (κ1) is 13.0. The Hall–Kier alpha value is -1.10. The molecule has 5 nitrogen and oxygen atoms in total. The molecule has 0 aromatic carbocycles. The maximum Gasteiger partial charge on any atom is 0.227 e. The molecule has 0 spiro atoms. The Morgan fingerprint density at radius 1 is 1.69 bits per heavy atom. The van der Waals surface area contributed by atoms with Gasteiger partial charge in [-0.15, -0.1) is 0 Å². The molecule has 2 atom stereocenters. The van der Waals surface area contributed by atoms with Crippen LogP contribution in [0.4, 0.5) is 0 Å². The summed E-state index contributed by atoms with van der Waals surface area (Å²) < 4.78 is 0. The number of nitrogens with zero attached hydrogens (tertiary/aromatic N) is 2. The van der Waals surface area contributed by atoms with Crippen LogP contribution < -0.4 is 0 Å². The van der Waals surface area contributed by atoms with Gasteiger partial charge in [-0.3, -0.25) is 9.59 Å². The van der Waals surface area contributed by atoms with E-state index in [1.54, 1.807) is 30.8 Å². The summed E-state index contributed by atoms with van der Waals surface area (Å²) in [6, 6.07) is 0. The fourth-order valence-electron chi connectivity index (χ4n) is 1.83. The molecular formula is C11H20N2O3. The van der Waals surface area contributed by atoms with E-state index in [1.807, 2.05) is 0 Å². The molecule has 1 saturated heterocycles. The Labute approximate surface area is 96.0 Å². The Morgan fingerprint density at radius 3 is 2.75 bits per heavy atom. The highest BCUT2D eigenvalue weighted by Crippen LogP contribution is 2.18. The molecule has 1 aliphatic heterocycles. The SMILES string of the molecule is CC(O)CCN(C)C(=O)C1CC(=O)N(C)C1. The molecule has 1 N–H and O–H groups in total. The molecule has 0 bridgehead atoms. The van der Waals surface area contributed by atoms with Crippen molar-refractivity contribution in [3.63, 3.8) is 0 Å². The second kappa shape index (κ2) is 5.30. The van der Waals surface area contributed by atoms with Gasteiger partial charge in [0, 0.05) is 33.6 Å². The van der Waals surface area contributed by atoms with E-state index in [9.17, 15) is 9.59 Å². The number of aliphatic hydroxyl groups excluding tert-OH is 1. The molecular weight excluding hydrogens is 208 g/mol. The third kappa shape index (κ3) is 3.20. The van der Waals surface area contributed by atoms with Crippen molar-refractivity contribution < 1.29 is 14.7 Å². The lowest BCUT2D eigenvalue weighted by atomic mass is 10.1. The summed E-state index contributed by atoms with van der Waals surface area (Å²) in [5.74, 6) is -0.183. The van der Waals surface area contributed by atoms with E-state index >= 15 is 0 Å². The molecule has 0 radical (unpaired) electrons. The lowest BCUT2D eigenvalue weighted by molar-refractivity contribution is -0.134. The van der Waals surface area contributed by atoms with Gasteiger partial charge < -0.3 is 14.9 Å². The molecule has 0 aromatic heterocycles. The fraction of sp³-hybridized carbons (Fsp3) is 0.818. The van der Waals surface area contributed by atoms with Crippen LogP contribution >= 0.6 is 0 Å². The van der Waals surface area contributed by atoms with Gasteiger partial charge >= 0.3 is 0 Å². The smallest absolute Gasteiger partial charge is 0.227 e. The number of hydrogen-bond donors (Lipinski definition) is 1. The summed E-state index contributed by atoms with van der Waals surface area (Å²) in [7, 11) is 3.43. The van der Waals surface area contributed by atoms with Crippen molar-refractivity contribution in [3.05, 3.63) is 0 Å². The van der Waals surface area contributed by atoms with E-state index in [0.29, 0.717) is 25.9 Å². The second-order valence-electron chi connectivity index (χ2n) is 4.57. The third-order valence-electron chi connectivity index (χ3n) is 2.95. The molecule has 92 valence electrons. The Balaban J connectivity index is 2.42. The molecule has 1 heterocycles. The van der Waals surface area contributed by atoms with Crippen molar-refractivity contribution in [2.45, 2.75) is 25.9 Å². The lowest BCUT2D eigenvalue weighted by Gasteiger charge is -2.21. The standard InChI is InChI=1S/C11H20N2O3/c1-8(14)4-5-12(2)11(16)9-6-10(15)13(3)7-9/h8-9,14H,4-7H2,1-3H3. The minimum absolute atomic E-state index is 0.00153. The third-order valence-corrected chi connectivity index (χ3v) is 2.95. The zero-order valence-electron chi connectivity index (χ0n) is 10.1. The maximum atomic E-state index is 11.9. The van der Waals surface area contributed by atoms with Gasteiger partial charge in [0.1, 0.15) is 0 Å². The first-order valence-corrected chi connectivity index (χ1v) is 5.58. The first-order valence-electron chi connectivity index (χ1n) is 5.58. The average Bonchev–Trinajstić information content (AvgIpc) is 2.54. The summed E-state index contributed by atoms with van der Waals surface area (Å²) in [6.07, 6.45) is 0.482. The molecule has 5 heteroatoms. The van der Waals surface area contributed by atoms with Crippen molar-refractivity contribution >= 4 is 11.8 Å². The van der Waals surface area contributed by atoms with Crippen molar-refractivity contribution in [2.24, 2.45) is 5.92 Å². The molecule has 1 fully saturated rings. The predicted molar refractivity (Wildman–Crippen MR) is 59.7 cm³/mol. The average molecular weight is 228 g/mol. The summed E-state index contributed by atoms with van der Waals surface area (Å²) in [4.78, 5) is 26.4. The van der Waals surface area contributed by atoms with Crippen molar-refractivity contribution in [1.82, 2.24) is 9.80 Å². The van der Waals surface area contributed by atoms with Crippen molar-refractivity contribution in [1.29, 1.82) is 0 Å². The van der Waals surface area contributed by atoms with Crippen molar-refractivity contribution in [2.75, 3.05) is 27.2 Å². The van der Waals surface area contributed by atoms with Crippen LogP contribution in [0.5, 0.6) is 0 Å². The quantitative estimate of drug-likeness (QED) is 0.718. The number of carbonyl (C=O) groups is 2. The number of hydrogen-bond acceptors (Lipinski definition) is 3. The Bertz CT molecular complexity index is 278. The normalized spacial score (nSPS) is 22.4. The number of amides is 2. The monoisotopic (exact) mass is 228 g/mol. The fourth-order valence-corrected chi connectivity index (χ4v) is 1.83. The van der Waals surface area contributed by atoms with Crippen molar-refractivity contribution in [3.8, 4) is 0 Å². The molecule has 2 unspecified atom stereocenters. The first-order chi connectivity index (χ1) is 7.41. The van der Waals surface area contributed by atoms with Crippen LogP contribution in [0, 0.1) is 5.92 Å². The van der Waals surface area contributed by atoms with Crippen LogP contribution in [0.3, 0.4) is 0 Å². The van der Waals surface area contributed by atoms with Crippen LogP contribution in [-0.4, -0.2) is 60.0 Å². The summed E-state index contributed by atoms with van der Waals surface area (Å²) in [6.45, 7) is 2.74. The Morgan fingerprint density at radius 2 is 2.31 bits per heavy atom. The molecule has 0 aliphatic carbocycles. The predicted octanol–water partition coefficient (Wildman–Crippen LogP) is -0.306. The highest BCUT2D eigenvalue weighted by atomic mass is 16.3. The van der Waals surface area contributed by atoms with Gasteiger partial charge in [-0.05, 0) is 13.3 Å². The summed E-state index contributed by atoms with van der Waals surface area (Å²) >= 11 is 0. The minimum atomic E-state index is -0.400. The largest absolute Gasteiger partial charge is 0.393 e. The summed E-state index contributed by atoms with van der Waals surface area (Å²) in [5.41, 5.74) is 0. The molecule has 1 aliphatic rings. The zero-order chi connectivity index (χ0) is 12.3. The van der Waals surface area contributed by atoms with Gasteiger partial charge in [0.15, 0.2) is 0 Å². The molecule has 2 amide bonds. The van der Waals surface area contributed by atoms with Gasteiger partial charge in [0.05, 0.1) is 12.0 Å². The number of carbonyl (C=O) groups excluding carboxylic acids is 2. The molecule has 0 aromatic rings. The van der Waals surface area contributed by atoms with Gasteiger partial charge in [-0.2, -0.15) is 0 Å². The zero-order valence-corrected chi connectivity index (χ0v) is 10.1. The van der Waals surface area contributed by atoms with E-state index in [1.165, 1.54) is 0 Å². The molecule has 1 rings (SSSR count). The molecule has 16 heavy (non-hydrogen) atoms. The number of aliphatic hydroxyl groups is 1. The van der Waals surface area contributed by atoms with E-state index in [0.717, 1.165) is 0 Å². The van der Waals surface area contributed by atoms with E-state index in [-0.39, 0.29) is 17.7 Å². The Kier molecular flexibility index (Phi) is 4.29. The van der Waals surface area contributed by atoms with E-state index in [2.05, 4.69) is 0 Å². The van der Waals surface area contributed by atoms with Gasteiger partial charge in [0.25, 0.3) is 0 Å². The van der Waals surface area contributed by atoms with E-state index in [4.69, 9.17) is 5.11 Å². The highest BCUT2D eigenvalue weighted by Gasteiger charge is 2.33. The van der Waals surface area contributed by atoms with Crippen LogP contribution in [0.15, 0.2) is 0 Å². The lowest BCUT2D eigenvalue weighted by Crippen LogP contribution is -2.35. The van der Waals surface area contributed by atoms with Gasteiger partial charge in [-0.1, -0.05) is 0 Å². The minimum Gasteiger partial charge on any atom is -0.393 e. The topological polar surface area (TPSA) is 60.9 Å². The van der Waals surface area contributed by atoms with Crippen LogP contribution in [0.2, 0.25) is 0 Å². The van der Waals surface area contributed by atoms with Gasteiger partial charge in [-0.25, -0.2) is 0 Å². The summed E-state index contributed by atoms with van der Waals surface area (Å²) in [5, 5.41) is 9.13. The second-order valence-corrected chi connectivity index (χ2v) is 4.57. The maximum absolute atomic E-state index is 11.9. The molecule has 0 saturated carbocycles. The van der Waals surface area contributed by atoms with Crippen LogP contribution in [0.1, 0.15) is 19.8 Å². The van der Waals surface area contributed by atoms with E-state index < -0.39 is 6.10 Å².